The zero-order valence-corrected chi connectivity index (χ0v) is 7.54. The molecule has 1 aromatic rings. The molecule has 1 atom stereocenters. The van der Waals surface area contributed by atoms with Gasteiger partial charge in [-0.05, 0) is 13.0 Å². The lowest BCUT2D eigenvalue weighted by molar-refractivity contribution is 0.101. The highest BCUT2D eigenvalue weighted by Crippen LogP contribution is 2.21. The molecular formula is C9H12N2O2. The summed E-state index contributed by atoms with van der Waals surface area (Å²) in [4.78, 5) is 15.1. The van der Waals surface area contributed by atoms with Crippen molar-refractivity contribution in [2.75, 3.05) is 13.1 Å². The van der Waals surface area contributed by atoms with Gasteiger partial charge >= 0.3 is 0 Å². The lowest BCUT2D eigenvalue weighted by Crippen LogP contribution is -2.08. The van der Waals surface area contributed by atoms with Gasteiger partial charge in [-0.1, -0.05) is 0 Å². The molecule has 0 bridgehead atoms. The highest BCUT2D eigenvalue weighted by molar-refractivity contribution is 5.91. The Morgan fingerprint density at radius 2 is 2.62 bits per heavy atom. The number of nitrogens with zero attached hydrogens (tertiary/aromatic N) is 1. The Morgan fingerprint density at radius 3 is 3.15 bits per heavy atom. The van der Waals surface area contributed by atoms with E-state index in [0.717, 1.165) is 19.5 Å². The minimum absolute atomic E-state index is 0.0408. The Morgan fingerprint density at radius 1 is 1.77 bits per heavy atom. The molecule has 0 aliphatic carbocycles. The minimum atomic E-state index is -0.0408. The SMILES string of the molecule is CC(=O)c1coc(C2CCNC2)n1. The van der Waals surface area contributed by atoms with Crippen molar-refractivity contribution in [2.24, 2.45) is 0 Å². The zero-order chi connectivity index (χ0) is 9.26. The molecule has 0 amide bonds. The van der Waals surface area contributed by atoms with Crippen LogP contribution < -0.4 is 5.32 Å². The zero-order valence-electron chi connectivity index (χ0n) is 7.54. The van der Waals surface area contributed by atoms with Crippen LogP contribution in [0.2, 0.25) is 0 Å². The van der Waals surface area contributed by atoms with Gasteiger partial charge in [0.25, 0.3) is 0 Å². The fraction of sp³-hybridized carbons (Fsp3) is 0.556. The largest absolute Gasteiger partial charge is 0.448 e. The third kappa shape index (κ3) is 1.62. The monoisotopic (exact) mass is 180 g/mol. The lowest BCUT2D eigenvalue weighted by Gasteiger charge is -1.99. The van der Waals surface area contributed by atoms with Crippen LogP contribution in [-0.2, 0) is 0 Å². The van der Waals surface area contributed by atoms with Crippen molar-refractivity contribution >= 4 is 5.78 Å². The molecule has 1 aliphatic heterocycles. The number of carbonyl (C=O) groups excluding carboxylic acids is 1. The van der Waals surface area contributed by atoms with Crippen LogP contribution >= 0.6 is 0 Å². The van der Waals surface area contributed by atoms with Gasteiger partial charge < -0.3 is 9.73 Å². The molecule has 0 aromatic carbocycles. The van der Waals surface area contributed by atoms with Crippen LogP contribution in [0.4, 0.5) is 0 Å². The van der Waals surface area contributed by atoms with Crippen LogP contribution in [0.1, 0.15) is 35.6 Å². The number of rotatable bonds is 2. The summed E-state index contributed by atoms with van der Waals surface area (Å²) in [6.45, 7) is 3.40. The summed E-state index contributed by atoms with van der Waals surface area (Å²) in [5.74, 6) is 0.990. The number of oxazole rings is 1. The maximum absolute atomic E-state index is 10.9. The van der Waals surface area contributed by atoms with Gasteiger partial charge in [-0.15, -0.1) is 0 Å². The molecule has 2 heterocycles. The maximum atomic E-state index is 10.9. The molecule has 1 aliphatic rings. The van der Waals surface area contributed by atoms with E-state index in [9.17, 15) is 4.79 Å². The van der Waals surface area contributed by atoms with Crippen LogP contribution in [0.5, 0.6) is 0 Å². The second-order valence-electron chi connectivity index (χ2n) is 3.32. The molecule has 2 rings (SSSR count). The Kier molecular flexibility index (Phi) is 2.14. The van der Waals surface area contributed by atoms with Crippen LogP contribution in [-0.4, -0.2) is 23.9 Å². The molecule has 1 unspecified atom stereocenters. The van der Waals surface area contributed by atoms with Crippen LogP contribution in [0, 0.1) is 0 Å². The molecule has 1 saturated heterocycles. The van der Waals surface area contributed by atoms with Crippen molar-refractivity contribution in [2.45, 2.75) is 19.3 Å². The predicted octanol–water partition coefficient (Wildman–Crippen LogP) is 0.954. The van der Waals surface area contributed by atoms with Gasteiger partial charge in [-0.3, -0.25) is 4.79 Å². The number of aromatic nitrogens is 1. The molecule has 1 aromatic heterocycles. The van der Waals surface area contributed by atoms with Gasteiger partial charge in [0.15, 0.2) is 11.7 Å². The van der Waals surface area contributed by atoms with Crippen molar-refractivity contribution in [3.05, 3.63) is 17.8 Å². The summed E-state index contributed by atoms with van der Waals surface area (Å²) in [6.07, 6.45) is 2.48. The van der Waals surface area contributed by atoms with Gasteiger partial charge in [-0.25, -0.2) is 4.98 Å². The maximum Gasteiger partial charge on any atom is 0.199 e. The molecule has 0 saturated carbocycles. The van der Waals surface area contributed by atoms with E-state index in [4.69, 9.17) is 4.42 Å². The molecular weight excluding hydrogens is 168 g/mol. The van der Waals surface area contributed by atoms with Crippen molar-refractivity contribution in [3.8, 4) is 0 Å². The summed E-state index contributed by atoms with van der Waals surface area (Å²) < 4.78 is 5.24. The fourth-order valence-corrected chi connectivity index (χ4v) is 1.50. The lowest BCUT2D eigenvalue weighted by atomic mass is 10.1. The van der Waals surface area contributed by atoms with E-state index in [-0.39, 0.29) is 5.78 Å². The quantitative estimate of drug-likeness (QED) is 0.688. The smallest absolute Gasteiger partial charge is 0.199 e. The number of hydrogen-bond donors (Lipinski definition) is 1. The normalized spacial score (nSPS) is 22.1. The van der Waals surface area contributed by atoms with Gasteiger partial charge in [-0.2, -0.15) is 0 Å². The van der Waals surface area contributed by atoms with Crippen molar-refractivity contribution in [1.82, 2.24) is 10.3 Å². The van der Waals surface area contributed by atoms with Crippen molar-refractivity contribution in [1.29, 1.82) is 0 Å². The van der Waals surface area contributed by atoms with Crippen LogP contribution in [0.3, 0.4) is 0 Å². The topological polar surface area (TPSA) is 55.1 Å². The van der Waals surface area contributed by atoms with Crippen molar-refractivity contribution in [3.63, 3.8) is 0 Å². The van der Waals surface area contributed by atoms with E-state index in [0.29, 0.717) is 17.5 Å². The number of ketones is 1. The fourth-order valence-electron chi connectivity index (χ4n) is 1.50. The molecule has 13 heavy (non-hydrogen) atoms. The average Bonchev–Trinajstić information content (AvgIpc) is 2.75. The minimum Gasteiger partial charge on any atom is -0.448 e. The first-order valence-electron chi connectivity index (χ1n) is 4.44. The van der Waals surface area contributed by atoms with E-state index >= 15 is 0 Å². The highest BCUT2D eigenvalue weighted by atomic mass is 16.3. The second kappa shape index (κ2) is 3.30. The Hall–Kier alpha value is -1.16. The van der Waals surface area contributed by atoms with Crippen LogP contribution in [0.25, 0.3) is 0 Å². The van der Waals surface area contributed by atoms with Gasteiger partial charge in [0.1, 0.15) is 12.0 Å². The van der Waals surface area contributed by atoms with Gasteiger partial charge in [0, 0.05) is 19.4 Å². The summed E-state index contributed by atoms with van der Waals surface area (Å²) in [6, 6.07) is 0. The summed E-state index contributed by atoms with van der Waals surface area (Å²) >= 11 is 0. The van der Waals surface area contributed by atoms with E-state index in [1.807, 2.05) is 0 Å². The van der Waals surface area contributed by atoms with Gasteiger partial charge in [0.05, 0.1) is 0 Å². The second-order valence-corrected chi connectivity index (χ2v) is 3.32. The molecule has 4 heteroatoms. The molecule has 1 N–H and O–H groups in total. The molecule has 4 nitrogen and oxygen atoms in total. The summed E-state index contributed by atoms with van der Waals surface area (Å²) in [7, 11) is 0. The Bertz CT molecular complexity index is 313. The van der Waals surface area contributed by atoms with E-state index in [1.54, 1.807) is 0 Å². The molecule has 70 valence electrons. The van der Waals surface area contributed by atoms with E-state index in [2.05, 4.69) is 10.3 Å². The molecule has 0 radical (unpaired) electrons. The predicted molar refractivity (Wildman–Crippen MR) is 46.7 cm³/mol. The average molecular weight is 180 g/mol. The Labute approximate surface area is 76.3 Å². The van der Waals surface area contributed by atoms with E-state index < -0.39 is 0 Å². The summed E-state index contributed by atoms with van der Waals surface area (Å²) in [5, 5.41) is 3.22. The number of carbonyl (C=O) groups is 1. The number of Topliss-reactive ketones (excluding diaryl/α,β-unsaturated/α-hetero) is 1. The van der Waals surface area contributed by atoms with E-state index in [1.165, 1.54) is 13.2 Å². The highest BCUT2D eigenvalue weighted by Gasteiger charge is 2.22. The van der Waals surface area contributed by atoms with Crippen molar-refractivity contribution < 1.29 is 9.21 Å². The molecule has 0 spiro atoms. The third-order valence-corrected chi connectivity index (χ3v) is 2.29. The number of nitrogens with one attached hydrogen (secondary N) is 1. The van der Waals surface area contributed by atoms with Crippen LogP contribution in [0.15, 0.2) is 10.7 Å². The standard InChI is InChI=1S/C9H12N2O2/c1-6(12)8-5-13-9(11-8)7-2-3-10-4-7/h5,7,10H,2-4H2,1H3. The first-order chi connectivity index (χ1) is 6.27. The molecule has 1 fully saturated rings. The Balaban J connectivity index is 2.16. The third-order valence-electron chi connectivity index (χ3n) is 2.29. The van der Waals surface area contributed by atoms with Gasteiger partial charge in [0.2, 0.25) is 0 Å². The first kappa shape index (κ1) is 8.44. The summed E-state index contributed by atoms with van der Waals surface area (Å²) in [5.41, 5.74) is 0.432. The first-order valence-corrected chi connectivity index (χ1v) is 4.44. The number of hydrogen-bond acceptors (Lipinski definition) is 4.